The standard InChI is InChI=1S/C22H30O7/c1-7-27-19(23)18-12-22(20(24)28-13(2)3,21(25)29-14(4)5)11-15-8-9-16(26-6)10-17(15)18/h8-10,13-14,18H,7,11-12H2,1-6H3. The Balaban J connectivity index is 2.60. The van der Waals surface area contributed by atoms with Gasteiger partial charge in [0.25, 0.3) is 0 Å². The predicted molar refractivity (Wildman–Crippen MR) is 106 cm³/mol. The van der Waals surface area contributed by atoms with Crippen LogP contribution in [-0.4, -0.2) is 43.8 Å². The van der Waals surface area contributed by atoms with Crippen LogP contribution in [0.1, 0.15) is 58.1 Å². The van der Waals surface area contributed by atoms with Crippen LogP contribution in [0.15, 0.2) is 18.2 Å². The molecular weight excluding hydrogens is 376 g/mol. The van der Waals surface area contributed by atoms with E-state index in [2.05, 4.69) is 0 Å². The molecule has 1 atom stereocenters. The summed E-state index contributed by atoms with van der Waals surface area (Å²) in [7, 11) is 1.54. The van der Waals surface area contributed by atoms with Gasteiger partial charge in [-0.25, -0.2) is 0 Å². The fraction of sp³-hybridized carbons (Fsp3) is 0.591. The molecule has 0 aliphatic heterocycles. The van der Waals surface area contributed by atoms with Crippen molar-refractivity contribution in [2.24, 2.45) is 5.41 Å². The molecule has 2 rings (SSSR count). The third kappa shape index (κ3) is 4.89. The summed E-state index contributed by atoms with van der Waals surface area (Å²) in [6.45, 7) is 8.75. The van der Waals surface area contributed by atoms with E-state index in [1.165, 1.54) is 7.11 Å². The van der Waals surface area contributed by atoms with Crippen LogP contribution < -0.4 is 4.74 Å². The van der Waals surface area contributed by atoms with Gasteiger partial charge in [0, 0.05) is 0 Å². The summed E-state index contributed by atoms with van der Waals surface area (Å²) in [5.74, 6) is -2.10. The molecule has 1 aliphatic carbocycles. The highest BCUT2D eigenvalue weighted by molar-refractivity contribution is 6.02. The van der Waals surface area contributed by atoms with Crippen LogP contribution in [0.5, 0.6) is 5.75 Å². The Kier molecular flexibility index (Phi) is 7.27. The number of carbonyl (C=O) groups excluding carboxylic acids is 3. The Labute approximate surface area is 171 Å². The summed E-state index contributed by atoms with van der Waals surface area (Å²) in [6, 6.07) is 5.25. The van der Waals surface area contributed by atoms with Crippen LogP contribution in [0.4, 0.5) is 0 Å². The van der Waals surface area contributed by atoms with E-state index in [0.29, 0.717) is 16.9 Å². The Bertz CT molecular complexity index is 744. The van der Waals surface area contributed by atoms with E-state index in [-0.39, 0.29) is 19.4 Å². The number of methoxy groups -OCH3 is 1. The van der Waals surface area contributed by atoms with Crippen molar-refractivity contribution < 1.29 is 33.3 Å². The minimum Gasteiger partial charge on any atom is -0.497 e. The topological polar surface area (TPSA) is 88.1 Å². The lowest BCUT2D eigenvalue weighted by molar-refractivity contribution is -0.179. The number of benzene rings is 1. The van der Waals surface area contributed by atoms with Gasteiger partial charge < -0.3 is 18.9 Å². The van der Waals surface area contributed by atoms with Crippen molar-refractivity contribution in [3.05, 3.63) is 29.3 Å². The Morgan fingerprint density at radius 1 is 1.07 bits per heavy atom. The molecular formula is C22H30O7. The molecule has 0 amide bonds. The minimum atomic E-state index is -1.62. The number of esters is 3. The van der Waals surface area contributed by atoms with Crippen molar-refractivity contribution in [1.29, 1.82) is 0 Å². The smallest absolute Gasteiger partial charge is 0.324 e. The van der Waals surface area contributed by atoms with Gasteiger partial charge in [-0.2, -0.15) is 0 Å². The molecule has 0 saturated carbocycles. The van der Waals surface area contributed by atoms with Crippen molar-refractivity contribution in [2.45, 2.75) is 65.6 Å². The van der Waals surface area contributed by atoms with E-state index in [0.717, 1.165) is 0 Å². The maximum atomic E-state index is 13.1. The van der Waals surface area contributed by atoms with Gasteiger partial charge >= 0.3 is 17.9 Å². The van der Waals surface area contributed by atoms with Gasteiger partial charge in [0.1, 0.15) is 5.75 Å². The molecule has 0 N–H and O–H groups in total. The van der Waals surface area contributed by atoms with E-state index in [1.807, 2.05) is 0 Å². The van der Waals surface area contributed by atoms with Gasteiger partial charge in [0.05, 0.1) is 31.8 Å². The molecule has 1 aromatic carbocycles. The van der Waals surface area contributed by atoms with Crippen LogP contribution in [0.25, 0.3) is 0 Å². The zero-order valence-corrected chi connectivity index (χ0v) is 17.9. The molecule has 7 heteroatoms. The lowest BCUT2D eigenvalue weighted by Gasteiger charge is -2.38. The molecule has 29 heavy (non-hydrogen) atoms. The first-order valence-corrected chi connectivity index (χ1v) is 9.90. The molecule has 7 nitrogen and oxygen atoms in total. The number of ether oxygens (including phenoxy) is 4. The molecule has 0 aromatic heterocycles. The second-order valence-electron chi connectivity index (χ2n) is 7.74. The SMILES string of the molecule is CCOC(=O)C1CC(C(=O)OC(C)C)(C(=O)OC(C)C)Cc2ccc(OC)cc21. The molecule has 0 spiro atoms. The molecule has 0 heterocycles. The molecule has 160 valence electrons. The minimum absolute atomic E-state index is 0.0803. The van der Waals surface area contributed by atoms with Crippen molar-refractivity contribution in [3.8, 4) is 5.75 Å². The summed E-state index contributed by atoms with van der Waals surface area (Å²) in [5, 5.41) is 0. The van der Waals surface area contributed by atoms with E-state index in [1.54, 1.807) is 52.8 Å². The van der Waals surface area contributed by atoms with Crippen molar-refractivity contribution in [2.75, 3.05) is 13.7 Å². The largest absolute Gasteiger partial charge is 0.497 e. The van der Waals surface area contributed by atoms with E-state index < -0.39 is 41.4 Å². The summed E-state index contributed by atoms with van der Waals surface area (Å²) >= 11 is 0. The maximum Gasteiger partial charge on any atom is 0.324 e. The van der Waals surface area contributed by atoms with Gasteiger partial charge in [-0.05, 0) is 70.7 Å². The normalized spacial score (nSPS) is 17.4. The Morgan fingerprint density at radius 3 is 2.14 bits per heavy atom. The average Bonchev–Trinajstić information content (AvgIpc) is 2.65. The summed E-state index contributed by atoms with van der Waals surface area (Å²) in [6.07, 6.45) is -0.823. The van der Waals surface area contributed by atoms with E-state index in [4.69, 9.17) is 18.9 Å². The zero-order valence-electron chi connectivity index (χ0n) is 17.9. The van der Waals surface area contributed by atoms with E-state index in [9.17, 15) is 14.4 Å². The van der Waals surface area contributed by atoms with Crippen LogP contribution in [0.3, 0.4) is 0 Å². The summed E-state index contributed by atoms with van der Waals surface area (Å²) in [4.78, 5) is 39.0. The highest BCUT2D eigenvalue weighted by Gasteiger charge is 2.55. The Hall–Kier alpha value is -2.57. The van der Waals surface area contributed by atoms with Gasteiger partial charge in [-0.3, -0.25) is 14.4 Å². The maximum absolute atomic E-state index is 13.1. The molecule has 1 unspecified atom stereocenters. The van der Waals surface area contributed by atoms with Crippen LogP contribution >= 0.6 is 0 Å². The molecule has 1 aromatic rings. The van der Waals surface area contributed by atoms with Gasteiger partial charge in [-0.15, -0.1) is 0 Å². The third-order valence-corrected chi connectivity index (χ3v) is 4.81. The fourth-order valence-electron chi connectivity index (χ4n) is 3.54. The zero-order chi connectivity index (χ0) is 21.8. The van der Waals surface area contributed by atoms with Crippen LogP contribution in [0, 0.1) is 5.41 Å². The average molecular weight is 406 g/mol. The summed E-state index contributed by atoms with van der Waals surface area (Å²) < 4.78 is 21.4. The van der Waals surface area contributed by atoms with Gasteiger partial charge in [-0.1, -0.05) is 6.07 Å². The molecule has 0 saturated heterocycles. The third-order valence-electron chi connectivity index (χ3n) is 4.81. The molecule has 1 aliphatic rings. The lowest BCUT2D eigenvalue weighted by atomic mass is 9.66. The van der Waals surface area contributed by atoms with Crippen LogP contribution in [-0.2, 0) is 35.0 Å². The Morgan fingerprint density at radius 2 is 1.66 bits per heavy atom. The monoisotopic (exact) mass is 406 g/mol. The summed E-state index contributed by atoms with van der Waals surface area (Å²) in [5.41, 5.74) is -0.238. The second-order valence-corrected chi connectivity index (χ2v) is 7.74. The van der Waals surface area contributed by atoms with Crippen molar-refractivity contribution >= 4 is 17.9 Å². The number of carbonyl (C=O) groups is 3. The highest BCUT2D eigenvalue weighted by atomic mass is 16.6. The van der Waals surface area contributed by atoms with Crippen LogP contribution in [0.2, 0.25) is 0 Å². The number of rotatable bonds is 7. The lowest BCUT2D eigenvalue weighted by Crippen LogP contribution is -2.49. The fourth-order valence-corrected chi connectivity index (χ4v) is 3.54. The number of hydrogen-bond donors (Lipinski definition) is 0. The van der Waals surface area contributed by atoms with Gasteiger partial charge in [0.2, 0.25) is 0 Å². The highest BCUT2D eigenvalue weighted by Crippen LogP contribution is 2.46. The predicted octanol–water partition coefficient (Wildman–Crippen LogP) is 3.18. The quantitative estimate of drug-likeness (QED) is 0.390. The molecule has 0 fully saturated rings. The number of fused-ring (bicyclic) bond motifs is 1. The molecule has 0 radical (unpaired) electrons. The first-order chi connectivity index (χ1) is 13.6. The number of hydrogen-bond acceptors (Lipinski definition) is 7. The van der Waals surface area contributed by atoms with Crippen molar-refractivity contribution in [1.82, 2.24) is 0 Å². The second kappa shape index (κ2) is 9.29. The van der Waals surface area contributed by atoms with Crippen molar-refractivity contribution in [3.63, 3.8) is 0 Å². The van der Waals surface area contributed by atoms with E-state index >= 15 is 0 Å². The van der Waals surface area contributed by atoms with Gasteiger partial charge in [0.15, 0.2) is 5.41 Å². The first-order valence-electron chi connectivity index (χ1n) is 9.90. The first kappa shape index (κ1) is 22.7. The molecule has 0 bridgehead atoms.